The third kappa shape index (κ3) is 1.83. The van der Waals surface area contributed by atoms with Crippen LogP contribution in [0.15, 0.2) is 12.0 Å². The van der Waals surface area contributed by atoms with Gasteiger partial charge in [-0.15, -0.1) is 0 Å². The Bertz CT molecular complexity index is 473. The van der Waals surface area contributed by atoms with Gasteiger partial charge in [-0.05, 0) is 44.6 Å². The molecule has 2 aliphatic carbocycles. The number of aliphatic hydroxyl groups excluding tert-OH is 1. The molecule has 1 N–H and O–H groups in total. The second-order valence-electron chi connectivity index (χ2n) is 8.05. The summed E-state index contributed by atoms with van der Waals surface area (Å²) >= 11 is 0. The molecule has 4 heteroatoms. The first-order chi connectivity index (χ1) is 10.2. The van der Waals surface area contributed by atoms with Gasteiger partial charge in [0.1, 0.15) is 0 Å². The molecule has 3 fully saturated rings. The van der Waals surface area contributed by atoms with E-state index in [9.17, 15) is 5.11 Å². The van der Waals surface area contributed by atoms with E-state index in [4.69, 9.17) is 14.2 Å². The number of ether oxygens (including phenoxy) is 3. The molecule has 6 atom stereocenters. The lowest BCUT2D eigenvalue weighted by molar-refractivity contribution is -0.274. The van der Waals surface area contributed by atoms with Crippen molar-refractivity contribution in [3.05, 3.63) is 12.0 Å². The molecule has 3 aliphatic rings. The van der Waals surface area contributed by atoms with Crippen molar-refractivity contribution in [1.82, 2.24) is 0 Å². The number of hydrogen-bond donors (Lipinski definition) is 1. The van der Waals surface area contributed by atoms with Crippen molar-refractivity contribution in [3.63, 3.8) is 0 Å². The standard InChI is InChI=1S/C18H30O4/c1-7-8-14(19)20-15-17(6)10-9-13(16(17,4)5)18(15)21-11(2)12(3)22-18/h8,11-13,15,19H,7,9-10H2,1-6H3/b14-8+/t11-,12+,13-,15-,17-,18?/m0/s1. The molecule has 1 heterocycles. The van der Waals surface area contributed by atoms with Crippen molar-refractivity contribution >= 4 is 0 Å². The lowest BCUT2D eigenvalue weighted by Crippen LogP contribution is -2.52. The maximum absolute atomic E-state index is 10.1. The summed E-state index contributed by atoms with van der Waals surface area (Å²) in [4.78, 5) is 0. The zero-order valence-electron chi connectivity index (χ0n) is 14.7. The van der Waals surface area contributed by atoms with Gasteiger partial charge < -0.3 is 19.3 Å². The lowest BCUT2D eigenvalue weighted by atomic mass is 9.70. The first kappa shape index (κ1) is 16.1. The number of aliphatic hydroxyl groups is 1. The molecule has 2 bridgehead atoms. The quantitative estimate of drug-likeness (QED) is 0.795. The van der Waals surface area contributed by atoms with E-state index in [1.165, 1.54) is 0 Å². The van der Waals surface area contributed by atoms with Crippen LogP contribution < -0.4 is 0 Å². The molecular weight excluding hydrogens is 280 g/mol. The Hall–Kier alpha value is -0.740. The van der Waals surface area contributed by atoms with Crippen LogP contribution >= 0.6 is 0 Å². The molecule has 0 aromatic rings. The van der Waals surface area contributed by atoms with Gasteiger partial charge in [-0.25, -0.2) is 0 Å². The van der Waals surface area contributed by atoms with Crippen LogP contribution in [-0.2, 0) is 14.2 Å². The Balaban J connectivity index is 2.02. The summed E-state index contributed by atoms with van der Waals surface area (Å²) in [5.41, 5.74) is -0.0229. The fraction of sp³-hybridized carbons (Fsp3) is 0.889. The van der Waals surface area contributed by atoms with Gasteiger partial charge in [0.25, 0.3) is 5.95 Å². The summed E-state index contributed by atoms with van der Waals surface area (Å²) in [6.07, 6.45) is 4.42. The summed E-state index contributed by atoms with van der Waals surface area (Å²) in [7, 11) is 0. The van der Waals surface area contributed by atoms with Gasteiger partial charge in [-0.2, -0.15) is 0 Å². The first-order valence-electron chi connectivity index (χ1n) is 8.60. The van der Waals surface area contributed by atoms with Gasteiger partial charge >= 0.3 is 0 Å². The minimum absolute atomic E-state index is 0.00384. The van der Waals surface area contributed by atoms with Crippen molar-refractivity contribution in [1.29, 1.82) is 0 Å². The highest BCUT2D eigenvalue weighted by Crippen LogP contribution is 2.72. The molecule has 1 saturated heterocycles. The summed E-state index contributed by atoms with van der Waals surface area (Å²) in [5.74, 6) is -0.446. The van der Waals surface area contributed by atoms with E-state index in [0.717, 1.165) is 19.3 Å². The third-order valence-corrected chi connectivity index (χ3v) is 6.74. The summed E-state index contributed by atoms with van der Waals surface area (Å²) < 4.78 is 18.8. The minimum Gasteiger partial charge on any atom is -0.481 e. The maximum Gasteiger partial charge on any atom is 0.272 e. The minimum atomic E-state index is -0.731. The Morgan fingerprint density at radius 2 is 1.82 bits per heavy atom. The van der Waals surface area contributed by atoms with Crippen molar-refractivity contribution in [2.24, 2.45) is 16.7 Å². The van der Waals surface area contributed by atoms with Crippen molar-refractivity contribution in [2.75, 3.05) is 0 Å². The van der Waals surface area contributed by atoms with Crippen LogP contribution in [0.3, 0.4) is 0 Å². The Morgan fingerprint density at radius 1 is 1.23 bits per heavy atom. The fourth-order valence-electron chi connectivity index (χ4n) is 4.97. The van der Waals surface area contributed by atoms with E-state index in [1.807, 2.05) is 6.92 Å². The summed E-state index contributed by atoms with van der Waals surface area (Å²) in [6.45, 7) is 12.9. The van der Waals surface area contributed by atoms with E-state index in [1.54, 1.807) is 6.08 Å². The van der Waals surface area contributed by atoms with Gasteiger partial charge in [0.05, 0.1) is 12.2 Å². The van der Waals surface area contributed by atoms with Gasteiger partial charge in [0.2, 0.25) is 5.79 Å². The largest absolute Gasteiger partial charge is 0.481 e. The Morgan fingerprint density at radius 3 is 2.36 bits per heavy atom. The van der Waals surface area contributed by atoms with Crippen LogP contribution in [0, 0.1) is 16.7 Å². The maximum atomic E-state index is 10.1. The Labute approximate surface area is 133 Å². The first-order valence-corrected chi connectivity index (χ1v) is 8.60. The third-order valence-electron chi connectivity index (χ3n) is 6.74. The van der Waals surface area contributed by atoms with E-state index < -0.39 is 5.79 Å². The average Bonchev–Trinajstić information content (AvgIpc) is 2.87. The van der Waals surface area contributed by atoms with Crippen molar-refractivity contribution < 1.29 is 19.3 Å². The zero-order chi connectivity index (χ0) is 16.3. The number of hydrogen-bond acceptors (Lipinski definition) is 4. The highest BCUT2D eigenvalue weighted by Gasteiger charge is 2.78. The molecule has 2 saturated carbocycles. The van der Waals surface area contributed by atoms with Gasteiger partial charge in [-0.3, -0.25) is 0 Å². The second kappa shape index (κ2) is 4.88. The van der Waals surface area contributed by atoms with Crippen molar-refractivity contribution in [3.8, 4) is 0 Å². The van der Waals surface area contributed by atoms with Gasteiger partial charge in [0, 0.05) is 11.3 Å². The average molecular weight is 310 g/mol. The summed E-state index contributed by atoms with van der Waals surface area (Å²) in [5, 5.41) is 10.1. The van der Waals surface area contributed by atoms with Crippen LogP contribution in [0.2, 0.25) is 0 Å². The zero-order valence-corrected chi connectivity index (χ0v) is 14.7. The van der Waals surface area contributed by atoms with Crippen LogP contribution in [0.4, 0.5) is 0 Å². The highest BCUT2D eigenvalue weighted by molar-refractivity contribution is 5.21. The number of rotatable bonds is 3. The predicted octanol–water partition coefficient (Wildman–Crippen LogP) is 4.16. The molecule has 0 amide bonds. The molecule has 126 valence electrons. The molecule has 0 aromatic carbocycles. The molecule has 3 rings (SSSR count). The molecule has 4 nitrogen and oxygen atoms in total. The summed E-state index contributed by atoms with van der Waals surface area (Å²) in [6, 6.07) is 0. The molecule has 1 spiro atoms. The van der Waals surface area contributed by atoms with Crippen LogP contribution in [0.25, 0.3) is 0 Å². The van der Waals surface area contributed by atoms with Crippen LogP contribution in [-0.4, -0.2) is 29.2 Å². The fourth-order valence-corrected chi connectivity index (χ4v) is 4.97. The van der Waals surface area contributed by atoms with Crippen LogP contribution in [0.1, 0.15) is 60.8 Å². The predicted molar refractivity (Wildman–Crippen MR) is 84.3 cm³/mol. The van der Waals surface area contributed by atoms with Crippen LogP contribution in [0.5, 0.6) is 0 Å². The van der Waals surface area contributed by atoms with E-state index in [2.05, 4.69) is 34.6 Å². The molecule has 0 aromatic heterocycles. The highest BCUT2D eigenvalue weighted by atomic mass is 16.8. The normalized spacial score (nSPS) is 50.0. The SMILES string of the molecule is CC/C=C(\O)O[C@@H]1C2(O[C@@H](C)[C@@H](C)O2)[C@H]2CC[C@]1(C)C2(C)C. The number of fused-ring (bicyclic) bond motifs is 3. The molecule has 1 aliphatic heterocycles. The Kier molecular flexibility index (Phi) is 3.57. The van der Waals surface area contributed by atoms with E-state index in [0.29, 0.717) is 0 Å². The molecule has 0 radical (unpaired) electrons. The smallest absolute Gasteiger partial charge is 0.272 e. The number of allylic oxidation sites excluding steroid dienone is 1. The molecule has 1 unspecified atom stereocenters. The monoisotopic (exact) mass is 310 g/mol. The second-order valence-corrected chi connectivity index (χ2v) is 8.05. The van der Waals surface area contributed by atoms with Crippen molar-refractivity contribution in [2.45, 2.75) is 84.9 Å². The van der Waals surface area contributed by atoms with Gasteiger partial charge in [-0.1, -0.05) is 27.7 Å². The topological polar surface area (TPSA) is 47.9 Å². The van der Waals surface area contributed by atoms with E-state index >= 15 is 0 Å². The van der Waals surface area contributed by atoms with E-state index in [-0.39, 0.29) is 41.0 Å². The van der Waals surface area contributed by atoms with Gasteiger partial charge in [0.15, 0.2) is 6.10 Å². The molecular formula is C18H30O4. The molecule has 22 heavy (non-hydrogen) atoms. The lowest BCUT2D eigenvalue weighted by Gasteiger charge is -2.42.